The summed E-state index contributed by atoms with van der Waals surface area (Å²) in [6, 6.07) is 14.7. The Morgan fingerprint density at radius 1 is 1.20 bits per heavy atom. The Balaban J connectivity index is 1.74. The molecular weight excluding hydrogens is 350 g/mol. The monoisotopic (exact) mass is 361 g/mol. The molecule has 1 aromatic heterocycles. The van der Waals surface area contributed by atoms with Crippen LogP contribution >= 0.6 is 39.0 Å². The smallest absolute Gasteiger partial charge is 0.151 e. The summed E-state index contributed by atoms with van der Waals surface area (Å²) in [5.74, 6) is 0.943. The summed E-state index contributed by atoms with van der Waals surface area (Å²) >= 11 is 7.02. The Labute approximate surface area is 134 Å². The van der Waals surface area contributed by atoms with Gasteiger partial charge in [0.2, 0.25) is 0 Å². The van der Waals surface area contributed by atoms with Crippen LogP contribution < -0.4 is 0 Å². The summed E-state index contributed by atoms with van der Waals surface area (Å²) in [5, 5.41) is 0. The number of aromatic nitrogens is 1. The Kier molecular flexibility index (Phi) is 4.24. The number of thioether (sulfide) groups is 1. The highest BCUT2D eigenvalue weighted by Crippen LogP contribution is 2.32. The average molecular weight is 362 g/mol. The molecule has 2 aromatic carbocycles. The highest BCUT2D eigenvalue weighted by Gasteiger charge is 2.05. The first kappa shape index (κ1) is 13.9. The molecule has 0 atom stereocenters. The Morgan fingerprint density at radius 2 is 2.00 bits per heavy atom. The normalized spacial score (nSPS) is 10.8. The predicted molar refractivity (Wildman–Crippen MR) is 93.4 cm³/mol. The summed E-state index contributed by atoms with van der Waals surface area (Å²) in [7, 11) is 0. The molecule has 0 unspecified atom stereocenters. The fraction of sp³-hybridized carbons (Fsp3) is 0.0625. The average Bonchev–Trinajstić information content (AvgIpc) is 2.87. The lowest BCUT2D eigenvalue weighted by molar-refractivity contribution is 1.29. The lowest BCUT2D eigenvalue weighted by atomic mass is 10.1. The van der Waals surface area contributed by atoms with Gasteiger partial charge in [0.25, 0.3) is 0 Å². The Morgan fingerprint density at radius 3 is 2.75 bits per heavy atom. The van der Waals surface area contributed by atoms with Gasteiger partial charge in [-0.25, -0.2) is 4.98 Å². The zero-order valence-electron chi connectivity index (χ0n) is 10.7. The van der Waals surface area contributed by atoms with Crippen molar-refractivity contribution in [3.63, 3.8) is 0 Å². The van der Waals surface area contributed by atoms with Crippen LogP contribution in [0.4, 0.5) is 0 Å². The summed E-state index contributed by atoms with van der Waals surface area (Å²) < 4.78 is 3.44. The van der Waals surface area contributed by atoms with Crippen LogP contribution in [0.3, 0.4) is 0 Å². The summed E-state index contributed by atoms with van der Waals surface area (Å²) in [4.78, 5) is 4.65. The third-order valence-electron chi connectivity index (χ3n) is 2.91. The van der Waals surface area contributed by atoms with E-state index in [1.54, 1.807) is 23.1 Å². The van der Waals surface area contributed by atoms with Gasteiger partial charge in [0.1, 0.15) is 0 Å². The number of rotatable bonds is 4. The van der Waals surface area contributed by atoms with Crippen molar-refractivity contribution in [1.29, 1.82) is 0 Å². The maximum Gasteiger partial charge on any atom is 0.151 e. The van der Waals surface area contributed by atoms with Gasteiger partial charge in [-0.1, -0.05) is 64.6 Å². The lowest BCUT2D eigenvalue weighted by Gasteiger charge is -1.99. The number of benzene rings is 2. The van der Waals surface area contributed by atoms with Gasteiger partial charge >= 0.3 is 0 Å². The molecule has 0 spiro atoms. The molecule has 0 aliphatic carbocycles. The van der Waals surface area contributed by atoms with Crippen molar-refractivity contribution in [2.24, 2.45) is 0 Å². The first-order valence-electron chi connectivity index (χ1n) is 6.15. The van der Waals surface area contributed by atoms with Gasteiger partial charge in [-0.3, -0.25) is 0 Å². The largest absolute Gasteiger partial charge is 0.230 e. The molecule has 0 aliphatic heterocycles. The van der Waals surface area contributed by atoms with E-state index in [9.17, 15) is 0 Å². The number of hydrogen-bond donors (Lipinski definition) is 0. The van der Waals surface area contributed by atoms with Crippen molar-refractivity contribution in [3.8, 4) is 0 Å². The fourth-order valence-electron chi connectivity index (χ4n) is 1.83. The van der Waals surface area contributed by atoms with Crippen LogP contribution in [-0.4, -0.2) is 4.98 Å². The van der Waals surface area contributed by atoms with Crippen molar-refractivity contribution in [3.05, 3.63) is 64.6 Å². The molecule has 0 N–H and O–H groups in total. The van der Waals surface area contributed by atoms with Crippen LogP contribution in [0.1, 0.15) is 11.1 Å². The summed E-state index contributed by atoms with van der Waals surface area (Å²) in [6.07, 6.45) is 1.86. The van der Waals surface area contributed by atoms with Crippen molar-refractivity contribution >= 4 is 55.3 Å². The van der Waals surface area contributed by atoms with Gasteiger partial charge in [0, 0.05) is 10.2 Å². The van der Waals surface area contributed by atoms with Gasteiger partial charge in [0.05, 0.1) is 10.2 Å². The van der Waals surface area contributed by atoms with Crippen molar-refractivity contribution in [1.82, 2.24) is 4.98 Å². The molecule has 100 valence electrons. The van der Waals surface area contributed by atoms with Gasteiger partial charge in [-0.15, -0.1) is 11.3 Å². The molecule has 0 saturated heterocycles. The maximum atomic E-state index is 4.65. The molecule has 0 fully saturated rings. The molecule has 1 nitrogen and oxygen atoms in total. The summed E-state index contributed by atoms with van der Waals surface area (Å²) in [5.41, 5.74) is 3.53. The minimum absolute atomic E-state index is 0.943. The minimum atomic E-state index is 0.943. The van der Waals surface area contributed by atoms with E-state index in [1.807, 2.05) is 12.1 Å². The van der Waals surface area contributed by atoms with Gasteiger partial charge in [-0.05, 0) is 29.3 Å². The lowest BCUT2D eigenvalue weighted by Crippen LogP contribution is -1.80. The topological polar surface area (TPSA) is 12.9 Å². The SMILES string of the molecule is C=Cc1ccc(CSc2nc3ccc(Br)cc3s2)cc1. The van der Waals surface area contributed by atoms with Crippen molar-refractivity contribution < 1.29 is 0 Å². The maximum absolute atomic E-state index is 4.65. The molecule has 0 bridgehead atoms. The first-order valence-corrected chi connectivity index (χ1v) is 8.74. The van der Waals surface area contributed by atoms with Crippen LogP contribution in [0.5, 0.6) is 0 Å². The van der Waals surface area contributed by atoms with Gasteiger partial charge < -0.3 is 0 Å². The van der Waals surface area contributed by atoms with E-state index in [-0.39, 0.29) is 0 Å². The Bertz CT molecular complexity index is 747. The highest BCUT2D eigenvalue weighted by atomic mass is 79.9. The second-order valence-corrected chi connectivity index (χ2v) is 7.49. The van der Waals surface area contributed by atoms with E-state index in [0.29, 0.717) is 0 Å². The zero-order valence-corrected chi connectivity index (χ0v) is 13.9. The van der Waals surface area contributed by atoms with E-state index >= 15 is 0 Å². The van der Waals surface area contributed by atoms with Gasteiger partial charge in [-0.2, -0.15) is 0 Å². The molecule has 0 aliphatic rings. The van der Waals surface area contributed by atoms with E-state index in [2.05, 4.69) is 63.9 Å². The van der Waals surface area contributed by atoms with E-state index in [0.717, 1.165) is 25.6 Å². The number of halogens is 1. The van der Waals surface area contributed by atoms with E-state index in [1.165, 1.54) is 10.3 Å². The molecular formula is C16H12BrNS2. The van der Waals surface area contributed by atoms with Crippen molar-refractivity contribution in [2.75, 3.05) is 0 Å². The second-order valence-electron chi connectivity index (χ2n) is 4.33. The van der Waals surface area contributed by atoms with Crippen LogP contribution in [0.2, 0.25) is 0 Å². The fourth-order valence-corrected chi connectivity index (χ4v) is 4.41. The second kappa shape index (κ2) is 6.12. The van der Waals surface area contributed by atoms with Crippen LogP contribution in [0, 0.1) is 0 Å². The Hall–Kier alpha value is -1.10. The van der Waals surface area contributed by atoms with Crippen LogP contribution in [0.25, 0.3) is 16.3 Å². The molecule has 20 heavy (non-hydrogen) atoms. The molecule has 0 radical (unpaired) electrons. The number of thiazole rings is 1. The molecule has 0 saturated carbocycles. The zero-order chi connectivity index (χ0) is 13.9. The van der Waals surface area contributed by atoms with Crippen LogP contribution in [-0.2, 0) is 5.75 Å². The third-order valence-corrected chi connectivity index (χ3v) is 5.63. The number of hydrogen-bond acceptors (Lipinski definition) is 3. The van der Waals surface area contributed by atoms with Crippen LogP contribution in [0.15, 0.2) is 57.9 Å². The number of fused-ring (bicyclic) bond motifs is 1. The van der Waals surface area contributed by atoms with E-state index < -0.39 is 0 Å². The highest BCUT2D eigenvalue weighted by molar-refractivity contribution is 9.10. The molecule has 0 amide bonds. The number of nitrogens with zero attached hydrogens (tertiary/aromatic N) is 1. The third kappa shape index (κ3) is 3.14. The minimum Gasteiger partial charge on any atom is -0.230 e. The standard InChI is InChI=1S/C16H12BrNS2/c1-2-11-3-5-12(6-4-11)10-19-16-18-14-8-7-13(17)9-15(14)20-16/h2-9H,1,10H2. The predicted octanol–water partition coefficient (Wildman–Crippen LogP) is 5.99. The molecule has 1 heterocycles. The molecule has 4 heteroatoms. The first-order chi connectivity index (χ1) is 9.74. The van der Waals surface area contributed by atoms with Gasteiger partial charge in [0.15, 0.2) is 4.34 Å². The molecule has 3 rings (SSSR count). The summed E-state index contributed by atoms with van der Waals surface area (Å²) in [6.45, 7) is 3.77. The van der Waals surface area contributed by atoms with E-state index in [4.69, 9.17) is 0 Å². The quantitative estimate of drug-likeness (QED) is 0.529. The van der Waals surface area contributed by atoms with Crippen molar-refractivity contribution in [2.45, 2.75) is 10.1 Å². The molecule has 3 aromatic rings.